The molecule has 4 heteroatoms. The maximum absolute atomic E-state index is 5.73. The second-order valence-electron chi connectivity index (χ2n) is 5.60. The molecule has 0 radical (unpaired) electrons. The SMILES string of the molecule is CCC(CC)n1ccc(CN(CCN)C2CCC2)n1. The molecule has 1 aliphatic carbocycles. The van der Waals surface area contributed by atoms with E-state index >= 15 is 0 Å². The number of rotatable bonds is 8. The molecule has 19 heavy (non-hydrogen) atoms. The minimum atomic E-state index is 0.542. The zero-order valence-electron chi connectivity index (χ0n) is 12.4. The predicted molar refractivity (Wildman–Crippen MR) is 78.9 cm³/mol. The second kappa shape index (κ2) is 7.06. The van der Waals surface area contributed by atoms with Gasteiger partial charge in [0.2, 0.25) is 0 Å². The lowest BCUT2D eigenvalue weighted by molar-refractivity contribution is 0.121. The minimum absolute atomic E-state index is 0.542. The van der Waals surface area contributed by atoms with Crippen LogP contribution in [0.2, 0.25) is 0 Å². The largest absolute Gasteiger partial charge is 0.329 e. The minimum Gasteiger partial charge on any atom is -0.329 e. The Hall–Kier alpha value is -0.870. The Labute approximate surface area is 117 Å². The van der Waals surface area contributed by atoms with Gasteiger partial charge in [-0.2, -0.15) is 5.10 Å². The highest BCUT2D eigenvalue weighted by Crippen LogP contribution is 2.25. The summed E-state index contributed by atoms with van der Waals surface area (Å²) in [6.45, 7) is 7.14. The molecule has 1 aromatic rings. The van der Waals surface area contributed by atoms with Gasteiger partial charge in [-0.3, -0.25) is 9.58 Å². The number of nitrogens with two attached hydrogens (primary N) is 1. The van der Waals surface area contributed by atoms with Gasteiger partial charge in [0, 0.05) is 31.9 Å². The summed E-state index contributed by atoms with van der Waals surface area (Å²) in [4.78, 5) is 2.50. The Morgan fingerprint density at radius 2 is 2.16 bits per heavy atom. The molecule has 0 bridgehead atoms. The van der Waals surface area contributed by atoms with Crippen LogP contribution in [0.4, 0.5) is 0 Å². The monoisotopic (exact) mass is 264 g/mol. The quantitative estimate of drug-likeness (QED) is 0.785. The molecule has 1 aromatic heterocycles. The van der Waals surface area contributed by atoms with Crippen LogP contribution in [0, 0.1) is 0 Å². The van der Waals surface area contributed by atoms with E-state index in [1.807, 2.05) is 0 Å². The lowest BCUT2D eigenvalue weighted by atomic mass is 9.91. The average Bonchev–Trinajstić information content (AvgIpc) is 2.77. The number of hydrogen-bond donors (Lipinski definition) is 1. The Morgan fingerprint density at radius 3 is 2.68 bits per heavy atom. The van der Waals surface area contributed by atoms with Crippen molar-refractivity contribution in [3.05, 3.63) is 18.0 Å². The average molecular weight is 264 g/mol. The fourth-order valence-electron chi connectivity index (χ4n) is 2.84. The van der Waals surface area contributed by atoms with Crippen molar-refractivity contribution in [2.24, 2.45) is 5.73 Å². The highest BCUT2D eigenvalue weighted by Gasteiger charge is 2.24. The van der Waals surface area contributed by atoms with E-state index in [9.17, 15) is 0 Å². The smallest absolute Gasteiger partial charge is 0.0765 e. The first kappa shape index (κ1) is 14.5. The Morgan fingerprint density at radius 1 is 1.42 bits per heavy atom. The van der Waals surface area contributed by atoms with Gasteiger partial charge in [-0.1, -0.05) is 20.3 Å². The van der Waals surface area contributed by atoms with Gasteiger partial charge in [0.1, 0.15) is 0 Å². The summed E-state index contributed by atoms with van der Waals surface area (Å²) in [7, 11) is 0. The van der Waals surface area contributed by atoms with Crippen molar-refractivity contribution in [3.63, 3.8) is 0 Å². The highest BCUT2D eigenvalue weighted by molar-refractivity contribution is 5.01. The molecule has 0 amide bonds. The molecule has 2 N–H and O–H groups in total. The van der Waals surface area contributed by atoms with E-state index in [0.717, 1.165) is 38.5 Å². The van der Waals surface area contributed by atoms with Crippen LogP contribution in [0.1, 0.15) is 57.7 Å². The molecule has 0 saturated heterocycles. The van der Waals surface area contributed by atoms with Crippen molar-refractivity contribution in [2.75, 3.05) is 13.1 Å². The molecule has 108 valence electrons. The third-order valence-corrected chi connectivity index (χ3v) is 4.35. The molecule has 0 aromatic carbocycles. The van der Waals surface area contributed by atoms with Gasteiger partial charge in [-0.15, -0.1) is 0 Å². The molecule has 1 heterocycles. The maximum Gasteiger partial charge on any atom is 0.0765 e. The molecule has 0 atom stereocenters. The molecule has 1 fully saturated rings. The second-order valence-corrected chi connectivity index (χ2v) is 5.60. The van der Waals surface area contributed by atoms with Crippen LogP contribution in [0.25, 0.3) is 0 Å². The van der Waals surface area contributed by atoms with Gasteiger partial charge in [0.15, 0.2) is 0 Å². The third kappa shape index (κ3) is 3.57. The van der Waals surface area contributed by atoms with Gasteiger partial charge in [0.25, 0.3) is 0 Å². The van der Waals surface area contributed by atoms with Crippen molar-refractivity contribution >= 4 is 0 Å². The van der Waals surface area contributed by atoms with E-state index in [2.05, 4.69) is 35.7 Å². The van der Waals surface area contributed by atoms with Crippen molar-refractivity contribution < 1.29 is 0 Å². The molecule has 2 rings (SSSR count). The first-order valence-corrected chi connectivity index (χ1v) is 7.76. The van der Waals surface area contributed by atoms with Gasteiger partial charge in [-0.25, -0.2) is 0 Å². The molecular weight excluding hydrogens is 236 g/mol. The first-order valence-electron chi connectivity index (χ1n) is 7.76. The number of hydrogen-bond acceptors (Lipinski definition) is 3. The molecule has 0 aliphatic heterocycles. The normalized spacial score (nSPS) is 16.3. The summed E-state index contributed by atoms with van der Waals surface area (Å²) in [6, 6.07) is 3.45. The number of nitrogens with zero attached hydrogens (tertiary/aromatic N) is 3. The van der Waals surface area contributed by atoms with Crippen LogP contribution < -0.4 is 5.73 Å². The zero-order valence-corrected chi connectivity index (χ0v) is 12.4. The van der Waals surface area contributed by atoms with Crippen LogP contribution >= 0.6 is 0 Å². The van der Waals surface area contributed by atoms with E-state index in [4.69, 9.17) is 10.8 Å². The standard InChI is InChI=1S/C15H28N4/c1-3-14(4-2)19-10-8-13(17-19)12-18(11-9-16)15-6-5-7-15/h8,10,14-15H,3-7,9,11-12,16H2,1-2H3. The summed E-state index contributed by atoms with van der Waals surface area (Å²) in [5, 5.41) is 4.75. The maximum atomic E-state index is 5.73. The van der Waals surface area contributed by atoms with Gasteiger partial charge < -0.3 is 5.73 Å². The van der Waals surface area contributed by atoms with Crippen molar-refractivity contribution in [1.82, 2.24) is 14.7 Å². The number of aromatic nitrogens is 2. The van der Waals surface area contributed by atoms with E-state index in [1.54, 1.807) is 0 Å². The van der Waals surface area contributed by atoms with Crippen LogP contribution in [-0.2, 0) is 6.54 Å². The summed E-state index contributed by atoms with van der Waals surface area (Å²) in [6.07, 6.45) is 8.45. The summed E-state index contributed by atoms with van der Waals surface area (Å²) < 4.78 is 2.14. The van der Waals surface area contributed by atoms with Gasteiger partial charge in [-0.05, 0) is 31.7 Å². The lowest BCUT2D eigenvalue weighted by Gasteiger charge is -2.37. The third-order valence-electron chi connectivity index (χ3n) is 4.35. The van der Waals surface area contributed by atoms with Crippen molar-refractivity contribution in [3.8, 4) is 0 Å². The molecule has 0 spiro atoms. The van der Waals surface area contributed by atoms with E-state index in [1.165, 1.54) is 25.0 Å². The Bertz CT molecular complexity index is 366. The van der Waals surface area contributed by atoms with E-state index in [0.29, 0.717) is 6.04 Å². The van der Waals surface area contributed by atoms with Gasteiger partial charge in [0.05, 0.1) is 11.7 Å². The fourth-order valence-corrected chi connectivity index (χ4v) is 2.84. The summed E-state index contributed by atoms with van der Waals surface area (Å²) >= 11 is 0. The van der Waals surface area contributed by atoms with Crippen molar-refractivity contribution in [1.29, 1.82) is 0 Å². The van der Waals surface area contributed by atoms with Crippen molar-refractivity contribution in [2.45, 2.75) is 64.6 Å². The van der Waals surface area contributed by atoms with Crippen LogP contribution in [0.15, 0.2) is 12.3 Å². The molecule has 1 saturated carbocycles. The Balaban J connectivity index is 1.96. The zero-order chi connectivity index (χ0) is 13.7. The van der Waals surface area contributed by atoms with Gasteiger partial charge >= 0.3 is 0 Å². The lowest BCUT2D eigenvalue weighted by Crippen LogP contribution is -2.42. The highest BCUT2D eigenvalue weighted by atomic mass is 15.3. The first-order chi connectivity index (χ1) is 9.28. The summed E-state index contributed by atoms with van der Waals surface area (Å²) in [5.74, 6) is 0. The molecular formula is C15H28N4. The fraction of sp³-hybridized carbons (Fsp3) is 0.800. The van der Waals surface area contributed by atoms with Crippen LogP contribution in [0.5, 0.6) is 0 Å². The topological polar surface area (TPSA) is 47.1 Å². The van der Waals surface area contributed by atoms with Crippen LogP contribution in [0.3, 0.4) is 0 Å². The van der Waals surface area contributed by atoms with E-state index < -0.39 is 0 Å². The van der Waals surface area contributed by atoms with E-state index in [-0.39, 0.29) is 0 Å². The van der Waals surface area contributed by atoms with Crippen LogP contribution in [-0.4, -0.2) is 33.8 Å². The Kier molecular flexibility index (Phi) is 5.40. The summed E-state index contributed by atoms with van der Waals surface area (Å²) in [5.41, 5.74) is 6.92. The molecule has 4 nitrogen and oxygen atoms in total. The molecule has 1 aliphatic rings. The molecule has 0 unspecified atom stereocenters. The predicted octanol–water partition coefficient (Wildman–Crippen LogP) is 2.56.